The molecule has 3 unspecified atom stereocenters. The predicted octanol–water partition coefficient (Wildman–Crippen LogP) is 3.24. The predicted molar refractivity (Wildman–Crippen MR) is 214 cm³/mol. The van der Waals surface area contributed by atoms with E-state index < -0.39 is 83.1 Å². The van der Waals surface area contributed by atoms with Crippen molar-refractivity contribution in [1.29, 1.82) is 0 Å². The number of aromatic nitrogens is 5. The number of ketones is 2. The molecule has 5 rings (SSSR count). The SMILES string of the molecule is CC[C@H]1OC(=O)[C@@](C)(F)C(=O)[C@H](C)[C@@H](O[C@@H]2OC(C)CC(N(C)C)C2O)[C@](C)(OC)C[C@@H](C)C(=O)[C@H](C)[C@H]2N(CC=C=Cn3cc(-c4cncc(N)n4)nn3)C(=O)O[C@]12C. The van der Waals surface area contributed by atoms with Crippen LogP contribution in [0, 0.1) is 17.8 Å². The zero-order valence-electron chi connectivity index (χ0n) is 36.2. The Hall–Kier alpha value is -4.65. The maximum atomic E-state index is 16.9. The molecule has 0 saturated carbocycles. The fourth-order valence-electron chi connectivity index (χ4n) is 8.91. The lowest BCUT2D eigenvalue weighted by Gasteiger charge is -2.47. The van der Waals surface area contributed by atoms with Gasteiger partial charge in [0, 0.05) is 30.9 Å². The molecule has 0 aromatic carbocycles. The fraction of sp³-hybridized carbons (Fsp3) is 0.683. The lowest BCUT2D eigenvalue weighted by molar-refractivity contribution is -0.295. The Morgan fingerprint density at radius 3 is 2.43 bits per heavy atom. The number of nitrogen functional groups attached to an aromatic ring is 1. The third kappa shape index (κ3) is 9.16. The number of aliphatic hydroxyl groups excluding tert-OH is 1. The first-order chi connectivity index (χ1) is 28.1. The van der Waals surface area contributed by atoms with Crippen LogP contribution in [-0.4, -0.2) is 151 Å². The maximum Gasteiger partial charge on any atom is 0.411 e. The molecule has 5 heterocycles. The molecule has 18 nitrogen and oxygen atoms in total. The fourth-order valence-corrected chi connectivity index (χ4v) is 8.91. The van der Waals surface area contributed by atoms with Crippen LogP contribution in [0.2, 0.25) is 0 Å². The summed E-state index contributed by atoms with van der Waals surface area (Å²) in [6.45, 7) is 12.1. The Balaban J connectivity index is 1.51. The highest BCUT2D eigenvalue weighted by atomic mass is 19.1. The van der Waals surface area contributed by atoms with Crippen molar-refractivity contribution in [3.05, 3.63) is 30.4 Å². The molecule has 2 aromatic rings. The van der Waals surface area contributed by atoms with Crippen LogP contribution in [-0.2, 0) is 38.1 Å². The molecule has 0 bridgehead atoms. The number of hydrogen-bond donors (Lipinski definition) is 2. The summed E-state index contributed by atoms with van der Waals surface area (Å²) in [5, 5.41) is 19.5. The Labute approximate surface area is 349 Å². The number of halogens is 1. The molecule has 330 valence electrons. The first kappa shape index (κ1) is 46.4. The van der Waals surface area contributed by atoms with Crippen LogP contribution in [0.5, 0.6) is 0 Å². The van der Waals surface area contributed by atoms with Crippen molar-refractivity contribution in [3.63, 3.8) is 0 Å². The highest BCUT2D eigenvalue weighted by Gasteiger charge is 2.61. The average Bonchev–Trinajstić information content (AvgIpc) is 3.78. The van der Waals surface area contributed by atoms with E-state index in [1.807, 2.05) is 25.9 Å². The molecule has 60 heavy (non-hydrogen) atoms. The minimum absolute atomic E-state index is 0.0353. The van der Waals surface area contributed by atoms with Crippen LogP contribution in [0.4, 0.5) is 15.0 Å². The topological polar surface area (TPSA) is 224 Å². The summed E-state index contributed by atoms with van der Waals surface area (Å²) in [4.78, 5) is 67.9. The Bertz CT molecular complexity index is 1970. The van der Waals surface area contributed by atoms with E-state index in [1.165, 1.54) is 55.2 Å². The molecule has 3 aliphatic rings. The molecule has 3 saturated heterocycles. The minimum Gasteiger partial charge on any atom is -0.455 e. The van der Waals surface area contributed by atoms with Gasteiger partial charge in [-0.2, -0.15) is 0 Å². The molecule has 3 aliphatic heterocycles. The van der Waals surface area contributed by atoms with E-state index in [2.05, 4.69) is 26.0 Å². The van der Waals surface area contributed by atoms with E-state index in [4.69, 9.17) is 29.4 Å². The molecule has 0 spiro atoms. The van der Waals surface area contributed by atoms with E-state index in [9.17, 15) is 24.3 Å². The summed E-state index contributed by atoms with van der Waals surface area (Å²) in [6.07, 6.45) is 1.69. The van der Waals surface area contributed by atoms with Gasteiger partial charge in [-0.15, -0.1) is 10.8 Å². The van der Waals surface area contributed by atoms with E-state index in [0.717, 1.165) is 6.92 Å². The van der Waals surface area contributed by atoms with Crippen LogP contribution in [0.25, 0.3) is 17.6 Å². The van der Waals surface area contributed by atoms with Gasteiger partial charge in [0.25, 0.3) is 5.67 Å². The molecule has 1 amide bonds. The molecule has 3 fully saturated rings. The number of Topliss-reactive ketones (excluding diaryl/α,β-unsaturated/α-hetero) is 2. The molecular formula is C41H59FN8O10. The quantitative estimate of drug-likeness (QED) is 0.210. The van der Waals surface area contributed by atoms with Crippen molar-refractivity contribution in [1.82, 2.24) is 34.8 Å². The van der Waals surface area contributed by atoms with E-state index >= 15 is 4.39 Å². The molecule has 19 heteroatoms. The van der Waals surface area contributed by atoms with E-state index in [0.29, 0.717) is 17.8 Å². The number of esters is 1. The number of amides is 1. The Morgan fingerprint density at radius 2 is 1.80 bits per heavy atom. The van der Waals surface area contributed by atoms with Gasteiger partial charge in [-0.1, -0.05) is 32.9 Å². The first-order valence-corrected chi connectivity index (χ1v) is 20.2. The normalized spacial score (nSPS) is 36.9. The zero-order chi connectivity index (χ0) is 44.5. The van der Waals surface area contributed by atoms with Crippen LogP contribution < -0.4 is 5.73 Å². The summed E-state index contributed by atoms with van der Waals surface area (Å²) in [7, 11) is 5.00. The van der Waals surface area contributed by atoms with Gasteiger partial charge >= 0.3 is 12.1 Å². The third-order valence-corrected chi connectivity index (χ3v) is 12.2. The average molecular weight is 843 g/mol. The highest BCUT2D eigenvalue weighted by Crippen LogP contribution is 2.43. The van der Waals surface area contributed by atoms with Gasteiger partial charge in [-0.25, -0.2) is 23.6 Å². The van der Waals surface area contributed by atoms with Gasteiger partial charge in [-0.3, -0.25) is 19.5 Å². The van der Waals surface area contributed by atoms with Gasteiger partial charge in [-0.05, 0) is 67.1 Å². The number of rotatable bonds is 9. The summed E-state index contributed by atoms with van der Waals surface area (Å²) in [6, 6.07) is -1.43. The maximum absolute atomic E-state index is 16.9. The van der Waals surface area contributed by atoms with Gasteiger partial charge in [0.1, 0.15) is 35.2 Å². The molecular weight excluding hydrogens is 783 g/mol. The van der Waals surface area contributed by atoms with Crippen molar-refractivity contribution in [2.75, 3.05) is 33.5 Å². The van der Waals surface area contributed by atoms with Crippen molar-refractivity contribution in [2.45, 2.75) is 134 Å². The van der Waals surface area contributed by atoms with E-state index in [-0.39, 0.29) is 43.1 Å². The smallest absolute Gasteiger partial charge is 0.411 e. The van der Waals surface area contributed by atoms with Crippen molar-refractivity contribution < 1.29 is 52.4 Å². The number of alkyl halides is 1. The second-order valence-corrected chi connectivity index (χ2v) is 17.0. The molecule has 3 N–H and O–H groups in total. The summed E-state index contributed by atoms with van der Waals surface area (Å²) in [5.74, 6) is -5.88. The lowest BCUT2D eigenvalue weighted by atomic mass is 9.73. The number of aliphatic hydroxyl groups is 1. The molecule has 13 atom stereocenters. The lowest BCUT2D eigenvalue weighted by Crippen LogP contribution is -2.61. The van der Waals surface area contributed by atoms with Crippen LogP contribution in [0.1, 0.15) is 74.7 Å². The highest BCUT2D eigenvalue weighted by molar-refractivity contribution is 6.08. The van der Waals surface area contributed by atoms with Gasteiger partial charge in [0.15, 0.2) is 17.7 Å². The molecule has 2 aromatic heterocycles. The summed E-state index contributed by atoms with van der Waals surface area (Å²) >= 11 is 0. The number of carbonyl (C=O) groups excluding carboxylic acids is 4. The molecule has 0 aliphatic carbocycles. The Morgan fingerprint density at radius 1 is 1.10 bits per heavy atom. The number of nitrogens with zero attached hydrogens (tertiary/aromatic N) is 7. The first-order valence-electron chi connectivity index (χ1n) is 20.2. The van der Waals surface area contributed by atoms with Crippen LogP contribution >= 0.6 is 0 Å². The number of ether oxygens (including phenoxy) is 5. The standard InChI is InChI=1S/C41H59FN8O10/c1-12-29-41(8)33(50(38(55)60-41)16-14-13-15-49-21-27(46-47-49)26-19-44-20-30(43)45-26)24(4)31(51)22(2)18-39(6,56-11)35(25(5)34(53)40(7,42)37(54)58-29)59-36-32(52)28(48(9)10)17-23(3)57-36/h14-15,19-25,28-29,32-33,35-36,52H,12,16-18H2,1-11H3,(H2,43,45)/t13?,22-,23?,24+,25+,28?,29-,32?,33-,35-,36+,39-,40+,41-/m1/s1. The monoisotopic (exact) mass is 842 g/mol. The number of carbonyl (C=O) groups is 4. The molecule has 0 radical (unpaired) electrons. The number of likely N-dealkylation sites (N-methyl/N-ethyl adjacent to an activating group) is 1. The second kappa shape index (κ2) is 18.1. The largest absolute Gasteiger partial charge is 0.455 e. The number of hydrogen-bond acceptors (Lipinski definition) is 16. The summed E-state index contributed by atoms with van der Waals surface area (Å²) < 4.78 is 48.6. The minimum atomic E-state index is -3.21. The van der Waals surface area contributed by atoms with Crippen LogP contribution in [0.15, 0.2) is 30.4 Å². The zero-order valence-corrected chi connectivity index (χ0v) is 36.2. The summed E-state index contributed by atoms with van der Waals surface area (Å²) in [5.41, 5.74) is 3.14. The number of cyclic esters (lactones) is 1. The number of anilines is 1. The van der Waals surface area contributed by atoms with Gasteiger partial charge in [0.2, 0.25) is 0 Å². The number of fused-ring (bicyclic) bond motifs is 1. The van der Waals surface area contributed by atoms with Crippen molar-refractivity contribution in [3.8, 4) is 11.4 Å². The van der Waals surface area contributed by atoms with E-state index in [1.54, 1.807) is 33.9 Å². The van der Waals surface area contributed by atoms with Gasteiger partial charge in [0.05, 0.1) is 55.2 Å². The second-order valence-electron chi connectivity index (χ2n) is 17.0. The number of methoxy groups -OCH3 is 1. The van der Waals surface area contributed by atoms with Crippen molar-refractivity contribution in [2.24, 2.45) is 17.8 Å². The van der Waals surface area contributed by atoms with Gasteiger partial charge < -0.3 is 39.4 Å². The Kier molecular flexibility index (Phi) is 14.0. The number of nitrogens with two attached hydrogens (primary N) is 1. The van der Waals surface area contributed by atoms with Crippen LogP contribution in [0.3, 0.4) is 0 Å². The van der Waals surface area contributed by atoms with Crippen molar-refractivity contribution >= 4 is 35.6 Å². The third-order valence-electron chi connectivity index (χ3n) is 12.2.